The zero-order chi connectivity index (χ0) is 17.9. The Labute approximate surface area is 153 Å². The van der Waals surface area contributed by atoms with E-state index in [4.69, 9.17) is 5.11 Å². The van der Waals surface area contributed by atoms with Crippen molar-refractivity contribution in [3.8, 4) is 0 Å². The van der Waals surface area contributed by atoms with Crippen molar-refractivity contribution in [1.29, 1.82) is 0 Å². The lowest BCUT2D eigenvalue weighted by Crippen LogP contribution is -2.31. The van der Waals surface area contributed by atoms with Gasteiger partial charge < -0.3 is 10.4 Å². The van der Waals surface area contributed by atoms with E-state index in [1.165, 1.54) is 96.3 Å². The van der Waals surface area contributed by atoms with Crippen molar-refractivity contribution in [2.75, 3.05) is 19.7 Å². The van der Waals surface area contributed by atoms with E-state index in [9.17, 15) is 0 Å². The molecule has 0 unspecified atom stereocenters. The van der Waals surface area contributed by atoms with Crippen LogP contribution in [0.2, 0.25) is 0 Å². The lowest BCUT2D eigenvalue weighted by atomic mass is 9.86. The maximum absolute atomic E-state index is 8.81. The van der Waals surface area contributed by atoms with Crippen molar-refractivity contribution in [3.63, 3.8) is 0 Å². The maximum Gasteiger partial charge on any atom is 0.0555 e. The van der Waals surface area contributed by atoms with Crippen LogP contribution in [-0.4, -0.2) is 24.8 Å². The Morgan fingerprint density at radius 2 is 1.08 bits per heavy atom. The highest BCUT2D eigenvalue weighted by molar-refractivity contribution is 4.71. The van der Waals surface area contributed by atoms with Gasteiger partial charge in [-0.25, -0.2) is 0 Å². The van der Waals surface area contributed by atoms with E-state index in [0.29, 0.717) is 5.41 Å². The van der Waals surface area contributed by atoms with Crippen LogP contribution < -0.4 is 5.32 Å². The van der Waals surface area contributed by atoms with Crippen molar-refractivity contribution in [2.24, 2.45) is 5.41 Å². The fraction of sp³-hybridized carbons (Fsp3) is 1.00. The van der Waals surface area contributed by atoms with Crippen LogP contribution in [0.25, 0.3) is 0 Å². The third-order valence-corrected chi connectivity index (χ3v) is 5.10. The molecule has 146 valence electrons. The van der Waals surface area contributed by atoms with Crippen LogP contribution in [0.5, 0.6) is 0 Å². The molecule has 0 saturated carbocycles. The lowest BCUT2D eigenvalue weighted by Gasteiger charge is -2.25. The molecule has 0 heterocycles. The lowest BCUT2D eigenvalue weighted by molar-refractivity contribution is 0.261. The number of unbranched alkanes of at least 4 members (excludes halogenated alkanes) is 13. The maximum atomic E-state index is 8.81. The molecule has 0 aromatic heterocycles. The van der Waals surface area contributed by atoms with Gasteiger partial charge in [-0.1, -0.05) is 111 Å². The summed E-state index contributed by atoms with van der Waals surface area (Å²) in [4.78, 5) is 0. The van der Waals surface area contributed by atoms with Gasteiger partial charge >= 0.3 is 0 Å². The fourth-order valence-electron chi connectivity index (χ4n) is 3.39. The SMILES string of the molecule is CCCCCCCCCCCCCCCCC(C)(C)CNCCO. The van der Waals surface area contributed by atoms with Crippen molar-refractivity contribution in [2.45, 2.75) is 117 Å². The first kappa shape index (κ1) is 23.9. The summed E-state index contributed by atoms with van der Waals surface area (Å²) < 4.78 is 0. The van der Waals surface area contributed by atoms with Gasteiger partial charge in [-0.15, -0.1) is 0 Å². The first-order valence-electron chi connectivity index (χ1n) is 10.9. The Balaban J connectivity index is 3.19. The second-order valence-corrected chi connectivity index (χ2v) is 8.41. The van der Waals surface area contributed by atoms with Gasteiger partial charge in [0.15, 0.2) is 0 Å². The topological polar surface area (TPSA) is 32.3 Å². The van der Waals surface area contributed by atoms with Gasteiger partial charge in [0.1, 0.15) is 0 Å². The molecule has 0 aliphatic heterocycles. The van der Waals surface area contributed by atoms with Gasteiger partial charge in [0.2, 0.25) is 0 Å². The minimum Gasteiger partial charge on any atom is -0.395 e. The molecule has 24 heavy (non-hydrogen) atoms. The Morgan fingerprint density at radius 1 is 0.667 bits per heavy atom. The van der Waals surface area contributed by atoms with E-state index in [-0.39, 0.29) is 6.61 Å². The average Bonchev–Trinajstić information content (AvgIpc) is 2.55. The summed E-state index contributed by atoms with van der Waals surface area (Å²) in [5.41, 5.74) is 0.367. The number of aliphatic hydroxyl groups is 1. The molecule has 0 aromatic rings. The molecule has 0 aliphatic rings. The van der Waals surface area contributed by atoms with Gasteiger partial charge in [-0.3, -0.25) is 0 Å². The second kappa shape index (κ2) is 17.7. The number of nitrogens with one attached hydrogen (secondary N) is 1. The second-order valence-electron chi connectivity index (χ2n) is 8.41. The quantitative estimate of drug-likeness (QED) is 0.264. The normalized spacial score (nSPS) is 12.0. The minimum absolute atomic E-state index is 0.245. The minimum atomic E-state index is 0.245. The van der Waals surface area contributed by atoms with Crippen LogP contribution >= 0.6 is 0 Å². The molecule has 0 radical (unpaired) electrons. The molecule has 0 aromatic carbocycles. The number of aliphatic hydroxyl groups excluding tert-OH is 1. The highest BCUT2D eigenvalue weighted by atomic mass is 16.3. The molecule has 2 nitrogen and oxygen atoms in total. The van der Waals surface area contributed by atoms with Crippen LogP contribution in [0, 0.1) is 5.41 Å². The third-order valence-electron chi connectivity index (χ3n) is 5.10. The van der Waals surface area contributed by atoms with E-state index in [1.807, 2.05) is 0 Å². The standard InChI is InChI=1S/C22H47NO/c1-4-5-6-7-8-9-10-11-12-13-14-15-16-17-18-22(2,3)21-23-19-20-24/h23-24H,4-21H2,1-3H3. The summed E-state index contributed by atoms with van der Waals surface area (Å²) in [7, 11) is 0. The summed E-state index contributed by atoms with van der Waals surface area (Å²) in [5, 5.41) is 12.1. The van der Waals surface area contributed by atoms with Crippen LogP contribution in [-0.2, 0) is 0 Å². The summed E-state index contributed by atoms with van der Waals surface area (Å²) >= 11 is 0. The smallest absolute Gasteiger partial charge is 0.0555 e. The number of hydrogen-bond donors (Lipinski definition) is 2. The van der Waals surface area contributed by atoms with Gasteiger partial charge in [0.25, 0.3) is 0 Å². The molecule has 0 rings (SSSR count). The molecule has 0 aliphatic carbocycles. The number of rotatable bonds is 19. The highest BCUT2D eigenvalue weighted by Crippen LogP contribution is 2.23. The van der Waals surface area contributed by atoms with E-state index < -0.39 is 0 Å². The Bertz CT molecular complexity index is 240. The predicted molar refractivity (Wildman–Crippen MR) is 109 cm³/mol. The summed E-state index contributed by atoms with van der Waals surface area (Å²) in [6.45, 7) is 8.94. The average molecular weight is 342 g/mol. The van der Waals surface area contributed by atoms with Gasteiger partial charge in [0, 0.05) is 13.1 Å². The van der Waals surface area contributed by atoms with Crippen molar-refractivity contribution < 1.29 is 5.11 Å². The van der Waals surface area contributed by atoms with E-state index in [1.54, 1.807) is 0 Å². The van der Waals surface area contributed by atoms with Crippen molar-refractivity contribution >= 4 is 0 Å². The molecule has 2 N–H and O–H groups in total. The molecule has 0 saturated heterocycles. The largest absolute Gasteiger partial charge is 0.395 e. The van der Waals surface area contributed by atoms with Gasteiger partial charge in [-0.05, 0) is 11.8 Å². The van der Waals surface area contributed by atoms with Crippen LogP contribution in [0.1, 0.15) is 117 Å². The molecule has 0 atom stereocenters. The summed E-state index contributed by atoms with van der Waals surface area (Å²) in [6, 6.07) is 0. The molecule has 0 amide bonds. The third kappa shape index (κ3) is 18.3. The molecule has 0 bridgehead atoms. The Hall–Kier alpha value is -0.0800. The van der Waals surface area contributed by atoms with Crippen LogP contribution in [0.3, 0.4) is 0 Å². The van der Waals surface area contributed by atoms with Crippen LogP contribution in [0.15, 0.2) is 0 Å². The van der Waals surface area contributed by atoms with Crippen molar-refractivity contribution in [3.05, 3.63) is 0 Å². The Morgan fingerprint density at radius 3 is 1.50 bits per heavy atom. The van der Waals surface area contributed by atoms with Crippen LogP contribution in [0.4, 0.5) is 0 Å². The first-order valence-corrected chi connectivity index (χ1v) is 10.9. The first-order chi connectivity index (χ1) is 11.6. The molecular weight excluding hydrogens is 294 g/mol. The Kier molecular flexibility index (Phi) is 17.7. The predicted octanol–water partition coefficient (Wildman–Crippen LogP) is 6.47. The molecule has 0 fully saturated rings. The van der Waals surface area contributed by atoms with Gasteiger partial charge in [-0.2, -0.15) is 0 Å². The van der Waals surface area contributed by atoms with E-state index in [2.05, 4.69) is 26.1 Å². The monoisotopic (exact) mass is 341 g/mol. The van der Waals surface area contributed by atoms with E-state index >= 15 is 0 Å². The fourth-order valence-corrected chi connectivity index (χ4v) is 3.39. The zero-order valence-corrected chi connectivity index (χ0v) is 17.2. The highest BCUT2D eigenvalue weighted by Gasteiger charge is 2.16. The summed E-state index contributed by atoms with van der Waals surface area (Å²) in [5.74, 6) is 0. The summed E-state index contributed by atoms with van der Waals surface area (Å²) in [6.07, 6.45) is 21.3. The van der Waals surface area contributed by atoms with E-state index in [0.717, 1.165) is 13.1 Å². The number of hydrogen-bond acceptors (Lipinski definition) is 2. The molecule has 2 heteroatoms. The zero-order valence-electron chi connectivity index (χ0n) is 17.2. The van der Waals surface area contributed by atoms with Crippen molar-refractivity contribution in [1.82, 2.24) is 5.32 Å². The van der Waals surface area contributed by atoms with Gasteiger partial charge in [0.05, 0.1) is 6.61 Å². The molecule has 0 spiro atoms. The molecular formula is C22H47NO.